The molecule has 27 heavy (non-hydrogen) atoms. The van der Waals surface area contributed by atoms with Gasteiger partial charge < -0.3 is 4.57 Å². The average Bonchev–Trinajstić information content (AvgIpc) is 3.03. The molecule has 0 aliphatic carbocycles. The molecular formula is C17H15N5O4S. The van der Waals surface area contributed by atoms with Crippen LogP contribution in [0.4, 0.5) is 11.4 Å². The van der Waals surface area contributed by atoms with E-state index in [0.29, 0.717) is 18.1 Å². The van der Waals surface area contributed by atoms with Crippen molar-refractivity contribution in [1.82, 2.24) is 14.8 Å². The van der Waals surface area contributed by atoms with E-state index in [-0.39, 0.29) is 16.3 Å². The zero-order chi connectivity index (χ0) is 19.4. The average molecular weight is 385 g/mol. The number of non-ortho nitro benzene ring substituents is 1. The molecule has 0 amide bonds. The number of rotatable bonds is 7. The highest BCUT2D eigenvalue weighted by atomic mass is 32.2. The third-order valence-electron chi connectivity index (χ3n) is 3.87. The maximum Gasteiger partial charge on any atom is 0.290 e. The molecule has 1 heterocycles. The van der Waals surface area contributed by atoms with Crippen molar-refractivity contribution < 1.29 is 9.85 Å². The first-order chi connectivity index (χ1) is 13.0. The van der Waals surface area contributed by atoms with E-state index >= 15 is 0 Å². The van der Waals surface area contributed by atoms with Gasteiger partial charge in [0.05, 0.1) is 20.8 Å². The predicted octanol–water partition coefficient (Wildman–Crippen LogP) is 3.86. The normalized spacial score (nSPS) is 10.7. The highest BCUT2D eigenvalue weighted by Gasteiger charge is 2.22. The number of nitrogens with zero attached hydrogens (tertiary/aromatic N) is 5. The van der Waals surface area contributed by atoms with Gasteiger partial charge >= 0.3 is 0 Å². The number of nitro groups is 2. The summed E-state index contributed by atoms with van der Waals surface area (Å²) in [5.74, 6) is 0.746. The molecule has 0 N–H and O–H groups in total. The van der Waals surface area contributed by atoms with Crippen LogP contribution in [0.3, 0.4) is 0 Å². The molecule has 9 nitrogen and oxygen atoms in total. The molecule has 0 spiro atoms. The van der Waals surface area contributed by atoms with Gasteiger partial charge in [-0.2, -0.15) is 0 Å². The van der Waals surface area contributed by atoms with E-state index in [9.17, 15) is 20.2 Å². The van der Waals surface area contributed by atoms with E-state index in [1.54, 1.807) is 0 Å². The van der Waals surface area contributed by atoms with Crippen LogP contribution in [0.1, 0.15) is 18.3 Å². The van der Waals surface area contributed by atoms with Crippen molar-refractivity contribution >= 4 is 23.1 Å². The summed E-state index contributed by atoms with van der Waals surface area (Å²) in [6, 6.07) is 13.4. The third-order valence-corrected chi connectivity index (χ3v) is 4.92. The predicted molar refractivity (Wildman–Crippen MR) is 98.8 cm³/mol. The van der Waals surface area contributed by atoms with Gasteiger partial charge in [-0.25, -0.2) is 0 Å². The Balaban J connectivity index is 1.92. The van der Waals surface area contributed by atoms with Crippen LogP contribution in [0.5, 0.6) is 0 Å². The van der Waals surface area contributed by atoms with Crippen molar-refractivity contribution in [3.8, 4) is 0 Å². The molecule has 0 aliphatic heterocycles. The van der Waals surface area contributed by atoms with Gasteiger partial charge in [-0.3, -0.25) is 20.2 Å². The lowest BCUT2D eigenvalue weighted by molar-refractivity contribution is -0.396. The largest absolute Gasteiger partial charge is 0.306 e. The van der Waals surface area contributed by atoms with Crippen molar-refractivity contribution in [3.05, 3.63) is 80.1 Å². The van der Waals surface area contributed by atoms with Gasteiger partial charge in [0.1, 0.15) is 5.82 Å². The van der Waals surface area contributed by atoms with Gasteiger partial charge in [0.15, 0.2) is 5.16 Å². The van der Waals surface area contributed by atoms with Crippen molar-refractivity contribution in [2.24, 2.45) is 0 Å². The molecule has 0 radical (unpaired) electrons. The molecular weight excluding hydrogens is 370 g/mol. The molecule has 0 aliphatic rings. The van der Waals surface area contributed by atoms with Crippen LogP contribution in [0.2, 0.25) is 0 Å². The lowest BCUT2D eigenvalue weighted by Crippen LogP contribution is -2.04. The SMILES string of the molecule is CCn1c(Cc2ccccc2)nnc1Sc1ccc([N+](=O)[O-])cc1[N+](=O)[O-]. The van der Waals surface area contributed by atoms with Gasteiger partial charge in [-0.1, -0.05) is 30.3 Å². The van der Waals surface area contributed by atoms with Crippen LogP contribution in [0.15, 0.2) is 58.6 Å². The molecule has 0 bridgehead atoms. The maximum absolute atomic E-state index is 11.3. The van der Waals surface area contributed by atoms with Gasteiger partial charge in [0, 0.05) is 19.0 Å². The monoisotopic (exact) mass is 385 g/mol. The summed E-state index contributed by atoms with van der Waals surface area (Å²) in [7, 11) is 0. The number of aromatic nitrogens is 3. The van der Waals surface area contributed by atoms with E-state index in [2.05, 4.69) is 10.2 Å². The Bertz CT molecular complexity index is 990. The van der Waals surface area contributed by atoms with Crippen LogP contribution < -0.4 is 0 Å². The van der Waals surface area contributed by atoms with E-state index in [1.165, 1.54) is 12.1 Å². The molecule has 3 rings (SSSR count). The molecule has 138 valence electrons. The molecule has 10 heteroatoms. The molecule has 0 saturated heterocycles. The third kappa shape index (κ3) is 4.11. The van der Waals surface area contributed by atoms with Gasteiger partial charge in [-0.05, 0) is 30.3 Å². The quantitative estimate of drug-likeness (QED) is 0.448. The number of benzene rings is 2. The Hall–Kier alpha value is -3.27. The summed E-state index contributed by atoms with van der Waals surface area (Å²) in [6.45, 7) is 2.53. The summed E-state index contributed by atoms with van der Waals surface area (Å²) in [5, 5.41) is 31.1. The van der Waals surface area contributed by atoms with Crippen LogP contribution in [-0.2, 0) is 13.0 Å². The Labute approximate surface area is 158 Å². The van der Waals surface area contributed by atoms with Gasteiger partial charge in [0.2, 0.25) is 0 Å². The van der Waals surface area contributed by atoms with Crippen molar-refractivity contribution in [3.63, 3.8) is 0 Å². The number of nitro benzene ring substituents is 2. The van der Waals surface area contributed by atoms with E-state index < -0.39 is 9.85 Å². The Morgan fingerprint density at radius 1 is 1.04 bits per heavy atom. The summed E-state index contributed by atoms with van der Waals surface area (Å²) < 4.78 is 1.88. The first-order valence-electron chi connectivity index (χ1n) is 8.06. The first-order valence-corrected chi connectivity index (χ1v) is 8.88. The van der Waals surface area contributed by atoms with E-state index in [4.69, 9.17) is 0 Å². The van der Waals surface area contributed by atoms with Crippen molar-refractivity contribution in [2.45, 2.75) is 29.9 Å². The molecule has 0 saturated carbocycles. The second-order valence-corrected chi connectivity index (χ2v) is 6.58. The van der Waals surface area contributed by atoms with Gasteiger partial charge in [0.25, 0.3) is 11.4 Å². The second-order valence-electron chi connectivity index (χ2n) is 5.57. The Morgan fingerprint density at radius 2 is 1.78 bits per heavy atom. The Kier molecular flexibility index (Phi) is 5.46. The van der Waals surface area contributed by atoms with Crippen molar-refractivity contribution in [2.75, 3.05) is 0 Å². The summed E-state index contributed by atoms with van der Waals surface area (Å²) >= 11 is 1.07. The smallest absolute Gasteiger partial charge is 0.290 e. The highest BCUT2D eigenvalue weighted by Crippen LogP contribution is 2.36. The minimum Gasteiger partial charge on any atom is -0.306 e. The van der Waals surface area contributed by atoms with Gasteiger partial charge in [-0.15, -0.1) is 10.2 Å². The first kappa shape index (κ1) is 18.5. The zero-order valence-electron chi connectivity index (χ0n) is 14.3. The fourth-order valence-corrected chi connectivity index (χ4v) is 3.57. The van der Waals surface area contributed by atoms with E-state index in [0.717, 1.165) is 29.2 Å². The minimum absolute atomic E-state index is 0.277. The maximum atomic E-state index is 11.3. The lowest BCUT2D eigenvalue weighted by Gasteiger charge is -2.07. The zero-order valence-corrected chi connectivity index (χ0v) is 15.1. The molecule has 0 fully saturated rings. The molecule has 3 aromatic rings. The summed E-state index contributed by atoms with van der Waals surface area (Å²) in [5.41, 5.74) is 0.426. The van der Waals surface area contributed by atoms with Crippen molar-refractivity contribution in [1.29, 1.82) is 0 Å². The van der Waals surface area contributed by atoms with Crippen LogP contribution >= 0.6 is 11.8 Å². The fraction of sp³-hybridized carbons (Fsp3) is 0.176. The summed E-state index contributed by atoms with van der Waals surface area (Å²) in [4.78, 5) is 21.2. The molecule has 1 aromatic heterocycles. The summed E-state index contributed by atoms with van der Waals surface area (Å²) in [6.07, 6.45) is 0.588. The highest BCUT2D eigenvalue weighted by molar-refractivity contribution is 7.99. The second kappa shape index (κ2) is 7.96. The van der Waals surface area contributed by atoms with Crippen LogP contribution in [-0.4, -0.2) is 24.6 Å². The van der Waals surface area contributed by atoms with Crippen LogP contribution in [0, 0.1) is 20.2 Å². The van der Waals surface area contributed by atoms with Crippen LogP contribution in [0.25, 0.3) is 0 Å². The lowest BCUT2D eigenvalue weighted by atomic mass is 10.1. The number of hydrogen-bond donors (Lipinski definition) is 0. The topological polar surface area (TPSA) is 117 Å². The Morgan fingerprint density at radius 3 is 2.41 bits per heavy atom. The standard InChI is InChI=1S/C17H15N5O4S/c1-2-20-16(10-12-6-4-3-5-7-12)18-19-17(20)27-15-9-8-13(21(23)24)11-14(15)22(25)26/h3-9,11H,2,10H2,1H3. The van der Waals surface area contributed by atoms with E-state index in [1.807, 2.05) is 41.8 Å². The fourth-order valence-electron chi connectivity index (χ4n) is 2.57. The minimum atomic E-state index is -0.659. The molecule has 2 aromatic carbocycles. The molecule has 0 atom stereocenters. The molecule has 0 unspecified atom stereocenters. The number of hydrogen-bond acceptors (Lipinski definition) is 7.